The number of carbonyl (C=O) groups excluding carboxylic acids is 1. The van der Waals surface area contributed by atoms with Crippen LogP contribution in [0.2, 0.25) is 0 Å². The second kappa shape index (κ2) is 4.30. The minimum Gasteiger partial charge on any atom is -0.369 e. The van der Waals surface area contributed by atoms with Gasteiger partial charge in [0, 0.05) is 0 Å². The van der Waals surface area contributed by atoms with Gasteiger partial charge in [0.05, 0.1) is 6.54 Å². The lowest BCUT2D eigenvalue weighted by molar-refractivity contribution is -0.119. The molecule has 14 heavy (non-hydrogen) atoms. The molecule has 0 atom stereocenters. The summed E-state index contributed by atoms with van der Waals surface area (Å²) in [4.78, 5) is 12.9. The molecule has 0 unspecified atom stereocenters. The van der Waals surface area contributed by atoms with Gasteiger partial charge in [-0.25, -0.2) is 0 Å². The van der Waals surface area contributed by atoms with E-state index in [2.05, 4.69) is 25.7 Å². The van der Waals surface area contributed by atoms with Crippen molar-refractivity contribution in [2.24, 2.45) is 17.1 Å². The predicted octanol–water partition coefficient (Wildman–Crippen LogP) is 1.23. The van der Waals surface area contributed by atoms with Gasteiger partial charge < -0.3 is 5.73 Å². The second-order valence-electron chi connectivity index (χ2n) is 5.38. The summed E-state index contributed by atoms with van der Waals surface area (Å²) in [6.45, 7) is 9.34. The number of nitrogens with zero attached hydrogens (tertiary/aromatic N) is 1. The van der Waals surface area contributed by atoms with Gasteiger partial charge in [-0.15, -0.1) is 0 Å². The van der Waals surface area contributed by atoms with Crippen LogP contribution in [-0.4, -0.2) is 30.4 Å². The zero-order valence-corrected chi connectivity index (χ0v) is 9.55. The maximum absolute atomic E-state index is 10.7. The molecule has 0 aromatic rings. The summed E-state index contributed by atoms with van der Waals surface area (Å²) in [5.74, 6) is 0.575. The number of nitrogens with two attached hydrogens (primary N) is 1. The lowest BCUT2D eigenvalue weighted by Gasteiger charge is -2.38. The number of hydrogen-bond donors (Lipinski definition) is 1. The Bertz CT molecular complexity index is 200. The number of likely N-dealkylation sites (tertiary alicyclic amines) is 1. The normalized spacial score (nSPS) is 21.1. The van der Waals surface area contributed by atoms with Crippen LogP contribution in [0, 0.1) is 11.3 Å². The van der Waals surface area contributed by atoms with Crippen molar-refractivity contribution < 1.29 is 4.79 Å². The molecule has 0 spiro atoms. The van der Waals surface area contributed by atoms with Gasteiger partial charge in [0.15, 0.2) is 0 Å². The molecule has 2 N–H and O–H groups in total. The fourth-order valence-corrected chi connectivity index (χ4v) is 2.18. The van der Waals surface area contributed by atoms with Crippen LogP contribution >= 0.6 is 0 Å². The molecule has 0 radical (unpaired) electrons. The molecule has 0 aromatic carbocycles. The van der Waals surface area contributed by atoms with Gasteiger partial charge in [-0.05, 0) is 37.3 Å². The van der Waals surface area contributed by atoms with Crippen LogP contribution in [0.25, 0.3) is 0 Å². The van der Waals surface area contributed by atoms with E-state index in [0.29, 0.717) is 12.0 Å². The van der Waals surface area contributed by atoms with Gasteiger partial charge in [0.1, 0.15) is 0 Å². The summed E-state index contributed by atoms with van der Waals surface area (Å²) in [5.41, 5.74) is 5.56. The monoisotopic (exact) mass is 198 g/mol. The molecule has 0 saturated carbocycles. The zero-order chi connectivity index (χ0) is 10.8. The van der Waals surface area contributed by atoms with Crippen molar-refractivity contribution in [3.05, 3.63) is 0 Å². The van der Waals surface area contributed by atoms with E-state index in [-0.39, 0.29) is 5.91 Å². The Morgan fingerprint density at radius 3 is 2.21 bits per heavy atom. The molecular weight excluding hydrogens is 176 g/mol. The Balaban J connectivity index is 2.35. The van der Waals surface area contributed by atoms with Crippen molar-refractivity contribution in [2.75, 3.05) is 19.6 Å². The first-order valence-electron chi connectivity index (χ1n) is 5.40. The lowest BCUT2D eigenvalue weighted by atomic mass is 9.75. The van der Waals surface area contributed by atoms with E-state index >= 15 is 0 Å². The topological polar surface area (TPSA) is 46.3 Å². The molecule has 1 aliphatic heterocycles. The Labute approximate surface area is 86.6 Å². The van der Waals surface area contributed by atoms with Gasteiger partial charge in [0.2, 0.25) is 5.91 Å². The third kappa shape index (κ3) is 3.29. The van der Waals surface area contributed by atoms with Crippen LogP contribution in [0.1, 0.15) is 33.6 Å². The predicted molar refractivity (Wildman–Crippen MR) is 57.8 cm³/mol. The molecule has 3 nitrogen and oxygen atoms in total. The number of rotatable bonds is 2. The highest BCUT2D eigenvalue weighted by molar-refractivity contribution is 5.75. The molecule has 1 fully saturated rings. The van der Waals surface area contributed by atoms with E-state index < -0.39 is 0 Å². The van der Waals surface area contributed by atoms with Crippen LogP contribution in [0.4, 0.5) is 0 Å². The van der Waals surface area contributed by atoms with Crippen molar-refractivity contribution in [3.63, 3.8) is 0 Å². The summed E-state index contributed by atoms with van der Waals surface area (Å²) in [5, 5.41) is 0. The van der Waals surface area contributed by atoms with Crippen LogP contribution in [0.5, 0.6) is 0 Å². The molecule has 1 amide bonds. The van der Waals surface area contributed by atoms with Gasteiger partial charge in [-0.2, -0.15) is 0 Å². The first kappa shape index (κ1) is 11.5. The molecular formula is C11H22N2O. The maximum atomic E-state index is 10.7. The summed E-state index contributed by atoms with van der Waals surface area (Å²) < 4.78 is 0. The van der Waals surface area contributed by atoms with E-state index in [0.717, 1.165) is 19.0 Å². The second-order valence-corrected chi connectivity index (χ2v) is 5.38. The third-order valence-electron chi connectivity index (χ3n) is 3.19. The van der Waals surface area contributed by atoms with Crippen LogP contribution < -0.4 is 5.73 Å². The Kier molecular flexibility index (Phi) is 3.53. The molecule has 0 aromatic heterocycles. The molecule has 1 heterocycles. The average Bonchev–Trinajstić information content (AvgIpc) is 2.02. The van der Waals surface area contributed by atoms with Crippen molar-refractivity contribution in [1.29, 1.82) is 0 Å². The van der Waals surface area contributed by atoms with Crippen molar-refractivity contribution >= 4 is 5.91 Å². The summed E-state index contributed by atoms with van der Waals surface area (Å²) in [6.07, 6.45) is 2.38. The highest BCUT2D eigenvalue weighted by Gasteiger charge is 2.28. The average molecular weight is 198 g/mol. The Hall–Kier alpha value is -0.570. The lowest BCUT2D eigenvalue weighted by Crippen LogP contribution is -2.42. The third-order valence-corrected chi connectivity index (χ3v) is 3.19. The minimum atomic E-state index is -0.209. The molecule has 3 heteroatoms. The van der Waals surface area contributed by atoms with Crippen molar-refractivity contribution in [1.82, 2.24) is 4.90 Å². The number of primary amides is 1. The number of carbonyl (C=O) groups is 1. The smallest absolute Gasteiger partial charge is 0.231 e. The fourth-order valence-electron chi connectivity index (χ4n) is 2.18. The summed E-state index contributed by atoms with van der Waals surface area (Å²) in [6, 6.07) is 0. The Morgan fingerprint density at radius 2 is 1.86 bits per heavy atom. The zero-order valence-electron chi connectivity index (χ0n) is 9.55. The van der Waals surface area contributed by atoms with Gasteiger partial charge in [-0.3, -0.25) is 9.69 Å². The number of hydrogen-bond acceptors (Lipinski definition) is 2. The van der Waals surface area contributed by atoms with Crippen molar-refractivity contribution in [2.45, 2.75) is 33.6 Å². The highest BCUT2D eigenvalue weighted by atomic mass is 16.1. The standard InChI is InChI=1S/C11H22N2O/c1-11(2,3)9-4-6-13(7-5-9)8-10(12)14/h9H,4-8H2,1-3H3,(H2,12,14). The first-order valence-corrected chi connectivity index (χ1v) is 5.40. The van der Waals surface area contributed by atoms with E-state index in [9.17, 15) is 4.79 Å². The van der Waals surface area contributed by atoms with E-state index in [4.69, 9.17) is 5.73 Å². The Morgan fingerprint density at radius 1 is 1.36 bits per heavy atom. The number of amides is 1. The van der Waals surface area contributed by atoms with E-state index in [1.165, 1.54) is 12.8 Å². The maximum Gasteiger partial charge on any atom is 0.231 e. The largest absolute Gasteiger partial charge is 0.369 e. The van der Waals surface area contributed by atoms with Crippen LogP contribution in [0.15, 0.2) is 0 Å². The van der Waals surface area contributed by atoms with Crippen LogP contribution in [-0.2, 0) is 4.79 Å². The van der Waals surface area contributed by atoms with Gasteiger partial charge in [-0.1, -0.05) is 20.8 Å². The number of piperidine rings is 1. The SMILES string of the molecule is CC(C)(C)C1CCN(CC(N)=O)CC1. The van der Waals surface area contributed by atoms with Crippen molar-refractivity contribution in [3.8, 4) is 0 Å². The summed E-state index contributed by atoms with van der Waals surface area (Å²) >= 11 is 0. The van der Waals surface area contributed by atoms with Gasteiger partial charge >= 0.3 is 0 Å². The van der Waals surface area contributed by atoms with Gasteiger partial charge in [0.25, 0.3) is 0 Å². The fraction of sp³-hybridized carbons (Fsp3) is 0.909. The quantitative estimate of drug-likeness (QED) is 0.725. The summed E-state index contributed by atoms with van der Waals surface area (Å²) in [7, 11) is 0. The minimum absolute atomic E-state index is 0.209. The van der Waals surface area contributed by atoms with E-state index in [1.54, 1.807) is 0 Å². The molecule has 1 saturated heterocycles. The molecule has 0 aliphatic carbocycles. The molecule has 0 bridgehead atoms. The first-order chi connectivity index (χ1) is 6.39. The highest BCUT2D eigenvalue weighted by Crippen LogP contribution is 2.33. The molecule has 82 valence electrons. The molecule has 1 aliphatic rings. The van der Waals surface area contributed by atoms with E-state index in [1.807, 2.05) is 0 Å². The molecule has 1 rings (SSSR count). The van der Waals surface area contributed by atoms with Crippen LogP contribution in [0.3, 0.4) is 0 Å².